The van der Waals surface area contributed by atoms with Crippen LogP contribution in [0.4, 0.5) is 0 Å². The quantitative estimate of drug-likeness (QED) is 0.618. The first-order chi connectivity index (χ1) is 7.60. The molecule has 16 heavy (non-hydrogen) atoms. The maximum atomic E-state index is 5.72. The summed E-state index contributed by atoms with van der Waals surface area (Å²) in [6.07, 6.45) is 5.38. The molecule has 0 aliphatic carbocycles. The first kappa shape index (κ1) is 15.9. The predicted octanol–water partition coefficient (Wildman–Crippen LogP) is 3.61. The first-order valence-corrected chi connectivity index (χ1v) is 6.95. The Kier molecular flexibility index (Phi) is 10.0. The van der Waals surface area contributed by atoms with Gasteiger partial charge in [0, 0.05) is 6.04 Å². The van der Waals surface area contributed by atoms with Gasteiger partial charge in [-0.05, 0) is 39.2 Å². The Morgan fingerprint density at radius 1 is 1.06 bits per heavy atom. The van der Waals surface area contributed by atoms with Crippen LogP contribution in [0.25, 0.3) is 0 Å². The van der Waals surface area contributed by atoms with Gasteiger partial charge in [0.25, 0.3) is 0 Å². The summed E-state index contributed by atoms with van der Waals surface area (Å²) in [6.45, 7) is 13.0. The van der Waals surface area contributed by atoms with Gasteiger partial charge >= 0.3 is 0 Å². The topological polar surface area (TPSA) is 21.3 Å². The fourth-order valence-corrected chi connectivity index (χ4v) is 1.96. The number of nitrogens with one attached hydrogen (secondary N) is 1. The van der Waals surface area contributed by atoms with E-state index in [0.29, 0.717) is 12.1 Å². The Bertz CT molecular complexity index is 148. The molecule has 0 aromatic rings. The van der Waals surface area contributed by atoms with Crippen molar-refractivity contribution >= 4 is 0 Å². The molecule has 0 aromatic heterocycles. The second-order valence-corrected chi connectivity index (χ2v) is 5.16. The van der Waals surface area contributed by atoms with Gasteiger partial charge in [0.1, 0.15) is 0 Å². The van der Waals surface area contributed by atoms with Crippen molar-refractivity contribution in [3.05, 3.63) is 0 Å². The Hall–Kier alpha value is -0.0800. The molecule has 0 spiro atoms. The molecule has 0 aliphatic heterocycles. The van der Waals surface area contributed by atoms with Gasteiger partial charge in [-0.25, -0.2) is 0 Å². The van der Waals surface area contributed by atoms with Crippen LogP contribution >= 0.6 is 0 Å². The van der Waals surface area contributed by atoms with Crippen molar-refractivity contribution in [2.45, 2.75) is 72.4 Å². The highest BCUT2D eigenvalue weighted by Gasteiger charge is 2.12. The van der Waals surface area contributed by atoms with Gasteiger partial charge in [0.15, 0.2) is 0 Å². The minimum Gasteiger partial charge on any atom is -0.377 e. The van der Waals surface area contributed by atoms with Crippen molar-refractivity contribution in [1.82, 2.24) is 5.32 Å². The molecule has 0 rings (SSSR count). The summed E-state index contributed by atoms with van der Waals surface area (Å²) in [6, 6.07) is 0.531. The maximum absolute atomic E-state index is 5.72. The highest BCUT2D eigenvalue weighted by atomic mass is 16.5. The van der Waals surface area contributed by atoms with Crippen LogP contribution in [0.1, 0.15) is 60.3 Å². The summed E-state index contributed by atoms with van der Waals surface area (Å²) < 4.78 is 5.72. The molecule has 0 aliphatic rings. The second kappa shape index (κ2) is 10.1. The SMILES string of the molecule is CCCNC(COC(C)C)CC(C)CCC. The van der Waals surface area contributed by atoms with Crippen molar-refractivity contribution in [2.75, 3.05) is 13.2 Å². The number of rotatable bonds is 10. The normalized spacial score (nSPS) is 15.4. The smallest absolute Gasteiger partial charge is 0.0623 e. The van der Waals surface area contributed by atoms with Crippen molar-refractivity contribution in [2.24, 2.45) is 5.92 Å². The van der Waals surface area contributed by atoms with Crippen LogP contribution in [0.2, 0.25) is 0 Å². The van der Waals surface area contributed by atoms with Gasteiger partial charge in [0.05, 0.1) is 12.7 Å². The first-order valence-electron chi connectivity index (χ1n) is 6.95. The number of ether oxygens (including phenoxy) is 1. The molecule has 0 radical (unpaired) electrons. The van der Waals surface area contributed by atoms with Crippen molar-refractivity contribution < 1.29 is 4.74 Å². The molecule has 2 nitrogen and oxygen atoms in total. The van der Waals surface area contributed by atoms with Crippen LogP contribution in [0.15, 0.2) is 0 Å². The van der Waals surface area contributed by atoms with Gasteiger partial charge in [-0.2, -0.15) is 0 Å². The lowest BCUT2D eigenvalue weighted by atomic mass is 9.97. The van der Waals surface area contributed by atoms with Crippen molar-refractivity contribution in [3.8, 4) is 0 Å². The molecule has 0 heterocycles. The fourth-order valence-electron chi connectivity index (χ4n) is 1.96. The monoisotopic (exact) mass is 229 g/mol. The fraction of sp³-hybridized carbons (Fsp3) is 1.00. The summed E-state index contributed by atoms with van der Waals surface area (Å²) in [5, 5.41) is 3.59. The van der Waals surface area contributed by atoms with Crippen LogP contribution in [-0.2, 0) is 4.74 Å². The average molecular weight is 229 g/mol. The third kappa shape index (κ3) is 9.17. The maximum Gasteiger partial charge on any atom is 0.0623 e. The molecule has 1 N–H and O–H groups in total. The van der Waals surface area contributed by atoms with Gasteiger partial charge in [-0.15, -0.1) is 0 Å². The standard InChI is InChI=1S/C14H31NO/c1-6-8-13(5)10-14(15-9-7-2)11-16-12(3)4/h12-15H,6-11H2,1-5H3. The Balaban J connectivity index is 3.88. The molecule has 0 aromatic carbocycles. The van der Waals surface area contributed by atoms with Gasteiger partial charge in [-0.3, -0.25) is 0 Å². The third-order valence-electron chi connectivity index (χ3n) is 2.78. The Morgan fingerprint density at radius 2 is 1.75 bits per heavy atom. The van der Waals surface area contributed by atoms with E-state index in [1.165, 1.54) is 25.7 Å². The van der Waals surface area contributed by atoms with Gasteiger partial charge in [0.2, 0.25) is 0 Å². The molecule has 2 heteroatoms. The molecular weight excluding hydrogens is 198 g/mol. The van der Waals surface area contributed by atoms with E-state index in [1.807, 2.05) is 0 Å². The van der Waals surface area contributed by atoms with Crippen LogP contribution in [0, 0.1) is 5.92 Å². The lowest BCUT2D eigenvalue weighted by Gasteiger charge is -2.23. The van der Waals surface area contributed by atoms with Crippen molar-refractivity contribution in [1.29, 1.82) is 0 Å². The Morgan fingerprint density at radius 3 is 2.25 bits per heavy atom. The molecule has 0 saturated heterocycles. The molecular formula is C14H31NO. The summed E-state index contributed by atoms with van der Waals surface area (Å²) in [5.74, 6) is 0.801. The van der Waals surface area contributed by atoms with Crippen LogP contribution in [-0.4, -0.2) is 25.3 Å². The van der Waals surface area contributed by atoms with E-state index >= 15 is 0 Å². The lowest BCUT2D eigenvalue weighted by molar-refractivity contribution is 0.0562. The van der Waals surface area contributed by atoms with E-state index in [1.54, 1.807) is 0 Å². The van der Waals surface area contributed by atoms with E-state index in [-0.39, 0.29) is 0 Å². The highest BCUT2D eigenvalue weighted by molar-refractivity contribution is 4.70. The molecule has 0 fully saturated rings. The third-order valence-corrected chi connectivity index (χ3v) is 2.78. The second-order valence-electron chi connectivity index (χ2n) is 5.16. The van der Waals surface area contributed by atoms with E-state index in [4.69, 9.17) is 4.74 Å². The summed E-state index contributed by atoms with van der Waals surface area (Å²) in [5.41, 5.74) is 0. The molecule has 0 saturated carbocycles. The number of hydrogen-bond donors (Lipinski definition) is 1. The van der Waals surface area contributed by atoms with E-state index in [2.05, 4.69) is 39.9 Å². The summed E-state index contributed by atoms with van der Waals surface area (Å²) in [4.78, 5) is 0. The van der Waals surface area contributed by atoms with Gasteiger partial charge in [-0.1, -0.05) is 33.6 Å². The van der Waals surface area contributed by atoms with E-state index < -0.39 is 0 Å². The van der Waals surface area contributed by atoms with E-state index in [9.17, 15) is 0 Å². The lowest BCUT2D eigenvalue weighted by Crippen LogP contribution is -2.36. The molecule has 2 unspecified atom stereocenters. The van der Waals surface area contributed by atoms with Gasteiger partial charge < -0.3 is 10.1 Å². The summed E-state index contributed by atoms with van der Waals surface area (Å²) >= 11 is 0. The Labute approximate surface area is 102 Å². The zero-order valence-electron chi connectivity index (χ0n) is 11.9. The van der Waals surface area contributed by atoms with E-state index in [0.717, 1.165) is 19.1 Å². The molecule has 0 bridgehead atoms. The predicted molar refractivity (Wildman–Crippen MR) is 71.9 cm³/mol. The average Bonchev–Trinajstić information content (AvgIpc) is 2.22. The number of hydrogen-bond acceptors (Lipinski definition) is 2. The zero-order valence-corrected chi connectivity index (χ0v) is 11.9. The highest BCUT2D eigenvalue weighted by Crippen LogP contribution is 2.13. The molecule has 2 atom stereocenters. The van der Waals surface area contributed by atoms with Crippen LogP contribution < -0.4 is 5.32 Å². The molecule has 98 valence electrons. The zero-order chi connectivity index (χ0) is 12.4. The largest absolute Gasteiger partial charge is 0.377 e. The van der Waals surface area contributed by atoms with Crippen molar-refractivity contribution in [3.63, 3.8) is 0 Å². The van der Waals surface area contributed by atoms with Crippen LogP contribution in [0.5, 0.6) is 0 Å². The minimum absolute atomic E-state index is 0.340. The molecule has 0 amide bonds. The summed E-state index contributed by atoms with van der Waals surface area (Å²) in [7, 11) is 0. The minimum atomic E-state index is 0.340. The van der Waals surface area contributed by atoms with Crippen LogP contribution in [0.3, 0.4) is 0 Å².